The van der Waals surface area contributed by atoms with Crippen molar-refractivity contribution in [2.45, 2.75) is 44.5 Å². The van der Waals surface area contributed by atoms with Crippen LogP contribution in [0.25, 0.3) is 0 Å². The second-order valence-electron chi connectivity index (χ2n) is 5.96. The van der Waals surface area contributed by atoms with E-state index in [-0.39, 0.29) is 0 Å². The van der Waals surface area contributed by atoms with Crippen LogP contribution in [-0.4, -0.2) is 34.6 Å². The first kappa shape index (κ1) is 17.6. The van der Waals surface area contributed by atoms with Crippen molar-refractivity contribution in [1.29, 1.82) is 0 Å². The third kappa shape index (κ3) is 4.47. The summed E-state index contributed by atoms with van der Waals surface area (Å²) in [7, 11) is 0. The quantitative estimate of drug-likeness (QED) is 0.533. The van der Waals surface area contributed by atoms with Crippen LogP contribution in [0, 0.1) is 13.8 Å². The maximum atomic E-state index is 5.88. The molecule has 1 aromatic carbocycles. The summed E-state index contributed by atoms with van der Waals surface area (Å²) in [6.45, 7) is 6.61. The number of thioether (sulfide) groups is 1. The molecule has 1 unspecified atom stereocenters. The number of ether oxygens (including phenoxy) is 2. The monoisotopic (exact) mass is 366 g/mol. The summed E-state index contributed by atoms with van der Waals surface area (Å²) in [5, 5.41) is 1.78. The van der Waals surface area contributed by atoms with Crippen LogP contribution in [0.3, 0.4) is 0 Å². The van der Waals surface area contributed by atoms with Gasteiger partial charge in [-0.05, 0) is 51.0 Å². The fraction of sp³-hybridized carbons (Fsp3) is 0.500. The number of imidazole rings is 1. The first-order chi connectivity index (χ1) is 11.6. The average molecular weight is 367 g/mol. The Morgan fingerprint density at radius 1 is 1.33 bits per heavy atom. The van der Waals surface area contributed by atoms with Gasteiger partial charge in [-0.1, -0.05) is 23.4 Å². The number of aryl methyl sites for hydroxylation is 1. The Kier molecular flexibility index (Phi) is 6.09. The Balaban J connectivity index is 1.54. The van der Waals surface area contributed by atoms with E-state index >= 15 is 0 Å². The molecule has 1 aliphatic rings. The molecule has 0 N–H and O–H groups in total. The van der Waals surface area contributed by atoms with Crippen molar-refractivity contribution in [1.82, 2.24) is 9.55 Å². The van der Waals surface area contributed by atoms with E-state index in [1.165, 1.54) is 5.69 Å². The molecule has 4 nitrogen and oxygen atoms in total. The molecule has 1 aliphatic heterocycles. The Bertz CT molecular complexity index is 666. The zero-order chi connectivity index (χ0) is 16.9. The molecule has 0 amide bonds. The van der Waals surface area contributed by atoms with E-state index in [4.69, 9.17) is 26.1 Å². The van der Waals surface area contributed by atoms with Crippen molar-refractivity contribution in [3.63, 3.8) is 0 Å². The Morgan fingerprint density at radius 2 is 2.12 bits per heavy atom. The highest BCUT2D eigenvalue weighted by atomic mass is 35.5. The summed E-state index contributed by atoms with van der Waals surface area (Å²) < 4.78 is 13.8. The van der Waals surface area contributed by atoms with Gasteiger partial charge < -0.3 is 14.0 Å². The van der Waals surface area contributed by atoms with Gasteiger partial charge in [0.1, 0.15) is 5.75 Å². The van der Waals surface area contributed by atoms with Crippen molar-refractivity contribution >= 4 is 23.4 Å². The molecule has 0 saturated carbocycles. The van der Waals surface area contributed by atoms with Crippen LogP contribution < -0.4 is 4.74 Å². The van der Waals surface area contributed by atoms with E-state index in [0.29, 0.717) is 12.7 Å². The molecule has 2 heterocycles. The lowest BCUT2D eigenvalue weighted by molar-refractivity contribution is 0.0945. The van der Waals surface area contributed by atoms with Gasteiger partial charge in [0.15, 0.2) is 5.16 Å². The average Bonchev–Trinajstić information content (AvgIpc) is 3.18. The van der Waals surface area contributed by atoms with Gasteiger partial charge in [0.05, 0.1) is 24.9 Å². The first-order valence-electron chi connectivity index (χ1n) is 8.30. The summed E-state index contributed by atoms with van der Waals surface area (Å²) in [5.74, 6) is 1.69. The summed E-state index contributed by atoms with van der Waals surface area (Å²) in [6.07, 6.45) is 2.62. The van der Waals surface area contributed by atoms with Gasteiger partial charge in [-0.2, -0.15) is 0 Å². The van der Waals surface area contributed by atoms with Crippen LogP contribution >= 0.6 is 23.4 Å². The highest BCUT2D eigenvalue weighted by Crippen LogP contribution is 2.24. The molecule has 130 valence electrons. The largest absolute Gasteiger partial charge is 0.493 e. The standard InChI is InChI=1S/C18H23ClN2O2S/c1-13-14(2)21(12-17-4-3-9-22-17)18(20-13)24-11-10-23-16-7-5-15(19)6-8-16/h5-8,17H,3-4,9-12H2,1-2H3. The highest BCUT2D eigenvalue weighted by molar-refractivity contribution is 7.99. The minimum atomic E-state index is 0.321. The minimum absolute atomic E-state index is 0.321. The third-order valence-electron chi connectivity index (χ3n) is 4.23. The number of aromatic nitrogens is 2. The second-order valence-corrected chi connectivity index (χ2v) is 7.46. The molecule has 1 fully saturated rings. The number of halogens is 1. The number of hydrogen-bond donors (Lipinski definition) is 0. The van der Waals surface area contributed by atoms with Crippen LogP contribution in [-0.2, 0) is 11.3 Å². The van der Waals surface area contributed by atoms with E-state index in [1.54, 1.807) is 11.8 Å². The van der Waals surface area contributed by atoms with Crippen LogP contribution in [0.2, 0.25) is 5.02 Å². The van der Waals surface area contributed by atoms with E-state index in [1.807, 2.05) is 24.3 Å². The van der Waals surface area contributed by atoms with Gasteiger partial charge >= 0.3 is 0 Å². The smallest absolute Gasteiger partial charge is 0.168 e. The van der Waals surface area contributed by atoms with E-state index < -0.39 is 0 Å². The molecule has 0 spiro atoms. The van der Waals surface area contributed by atoms with Gasteiger partial charge in [0.25, 0.3) is 0 Å². The Morgan fingerprint density at radius 3 is 2.83 bits per heavy atom. The molecule has 0 radical (unpaired) electrons. The normalized spacial score (nSPS) is 17.4. The lowest BCUT2D eigenvalue weighted by Gasteiger charge is -2.14. The summed E-state index contributed by atoms with van der Waals surface area (Å²) in [5.41, 5.74) is 2.32. The second kappa shape index (κ2) is 8.28. The number of rotatable bonds is 7. The third-order valence-corrected chi connectivity index (χ3v) is 5.42. The number of hydrogen-bond acceptors (Lipinski definition) is 4. The fourth-order valence-electron chi connectivity index (χ4n) is 2.76. The van der Waals surface area contributed by atoms with Crippen LogP contribution in [0.5, 0.6) is 5.75 Å². The van der Waals surface area contributed by atoms with Gasteiger partial charge in [-0.15, -0.1) is 0 Å². The molecule has 3 rings (SSSR count). The predicted octanol–water partition coefficient (Wildman–Crippen LogP) is 4.50. The number of benzene rings is 1. The van der Waals surface area contributed by atoms with Crippen molar-refractivity contribution < 1.29 is 9.47 Å². The fourth-order valence-corrected chi connectivity index (χ4v) is 3.81. The summed E-state index contributed by atoms with van der Waals surface area (Å²) >= 11 is 7.61. The van der Waals surface area contributed by atoms with Crippen molar-refractivity contribution in [2.24, 2.45) is 0 Å². The topological polar surface area (TPSA) is 36.3 Å². The molecule has 24 heavy (non-hydrogen) atoms. The van der Waals surface area contributed by atoms with Crippen molar-refractivity contribution in [2.75, 3.05) is 19.0 Å². The minimum Gasteiger partial charge on any atom is -0.493 e. The lowest BCUT2D eigenvalue weighted by atomic mass is 10.2. The van der Waals surface area contributed by atoms with Gasteiger partial charge in [0.2, 0.25) is 0 Å². The van der Waals surface area contributed by atoms with E-state index in [9.17, 15) is 0 Å². The van der Waals surface area contributed by atoms with Crippen molar-refractivity contribution in [3.05, 3.63) is 40.7 Å². The highest BCUT2D eigenvalue weighted by Gasteiger charge is 2.20. The lowest BCUT2D eigenvalue weighted by Crippen LogP contribution is -2.17. The molecule has 0 bridgehead atoms. The van der Waals surface area contributed by atoms with Gasteiger partial charge in [-0.3, -0.25) is 0 Å². The molecule has 1 atom stereocenters. The van der Waals surface area contributed by atoms with Crippen molar-refractivity contribution in [3.8, 4) is 5.75 Å². The number of nitrogens with zero attached hydrogens (tertiary/aromatic N) is 2. The van der Waals surface area contributed by atoms with E-state index in [0.717, 1.165) is 53.4 Å². The SMILES string of the molecule is Cc1nc(SCCOc2ccc(Cl)cc2)n(CC2CCCO2)c1C. The van der Waals surface area contributed by atoms with Crippen LogP contribution in [0.4, 0.5) is 0 Å². The Hall–Kier alpha value is -1.17. The molecule has 1 saturated heterocycles. The molecule has 1 aromatic heterocycles. The zero-order valence-corrected chi connectivity index (χ0v) is 15.7. The van der Waals surface area contributed by atoms with Gasteiger partial charge in [-0.25, -0.2) is 4.98 Å². The maximum Gasteiger partial charge on any atom is 0.168 e. The maximum absolute atomic E-state index is 5.88. The van der Waals surface area contributed by atoms with Gasteiger partial charge in [0, 0.05) is 23.1 Å². The van der Waals surface area contributed by atoms with E-state index in [2.05, 4.69) is 18.4 Å². The molecule has 6 heteroatoms. The summed E-state index contributed by atoms with van der Waals surface area (Å²) in [6, 6.07) is 7.45. The molecule has 0 aliphatic carbocycles. The molecular formula is C18H23ClN2O2S. The van der Waals surface area contributed by atoms with Crippen LogP contribution in [0.15, 0.2) is 29.4 Å². The van der Waals surface area contributed by atoms with Crippen LogP contribution in [0.1, 0.15) is 24.2 Å². The Labute approximate surface area is 152 Å². The summed E-state index contributed by atoms with van der Waals surface area (Å²) in [4.78, 5) is 4.71. The molecular weight excluding hydrogens is 344 g/mol. The molecule has 2 aromatic rings. The zero-order valence-electron chi connectivity index (χ0n) is 14.1. The first-order valence-corrected chi connectivity index (χ1v) is 9.66. The predicted molar refractivity (Wildman–Crippen MR) is 98.3 cm³/mol.